The first-order valence-corrected chi connectivity index (χ1v) is 8.89. The lowest BCUT2D eigenvalue weighted by Gasteiger charge is -2.22. The highest BCUT2D eigenvalue weighted by Gasteiger charge is 2.11. The van der Waals surface area contributed by atoms with Gasteiger partial charge >= 0.3 is 0 Å². The number of aliphatic hydroxyl groups is 1. The van der Waals surface area contributed by atoms with E-state index in [2.05, 4.69) is 40.0 Å². The van der Waals surface area contributed by atoms with E-state index in [0.717, 1.165) is 35.7 Å². The smallest absolute Gasteiger partial charge is 0.0853 e. The number of aryl methyl sites for hydroxylation is 1. The average Bonchev–Trinajstić information content (AvgIpc) is 2.69. The first-order chi connectivity index (χ1) is 12.8. The molecule has 5 heteroatoms. The summed E-state index contributed by atoms with van der Waals surface area (Å²) in [5, 5.41) is 9.33. The molecule has 0 saturated heterocycles. The quantitative estimate of drug-likeness (QED) is 0.678. The monoisotopic (exact) mass is 348 g/mol. The molecule has 0 atom stereocenters. The van der Waals surface area contributed by atoms with Crippen LogP contribution in [0.4, 0.5) is 0 Å². The number of pyridine rings is 3. The third-order valence-electron chi connectivity index (χ3n) is 4.14. The first kappa shape index (κ1) is 18.2. The first-order valence-electron chi connectivity index (χ1n) is 8.89. The molecule has 0 unspecified atom stereocenters. The number of nitrogens with zero attached hydrogens (tertiary/aromatic N) is 4. The second-order valence-electron chi connectivity index (χ2n) is 6.22. The van der Waals surface area contributed by atoms with Gasteiger partial charge in [-0.25, -0.2) is 0 Å². The molecule has 1 N–H and O–H groups in total. The minimum atomic E-state index is -0.0474. The molecule has 0 fully saturated rings. The Morgan fingerprint density at radius 2 is 1.31 bits per heavy atom. The third-order valence-corrected chi connectivity index (χ3v) is 4.14. The van der Waals surface area contributed by atoms with Gasteiger partial charge in [0.25, 0.3) is 0 Å². The highest BCUT2D eigenvalue weighted by molar-refractivity contribution is 5.14. The van der Waals surface area contributed by atoms with Crippen LogP contribution in [0.2, 0.25) is 0 Å². The lowest BCUT2D eigenvalue weighted by Crippen LogP contribution is -2.24. The Hall–Kier alpha value is -2.63. The van der Waals surface area contributed by atoms with Crippen molar-refractivity contribution in [2.24, 2.45) is 0 Å². The molecular formula is C21H24N4O. The normalized spacial score (nSPS) is 11.0. The minimum absolute atomic E-state index is 0.0474. The average molecular weight is 348 g/mol. The third kappa shape index (κ3) is 5.18. The van der Waals surface area contributed by atoms with Crippen molar-refractivity contribution in [2.45, 2.75) is 39.6 Å². The Bertz CT molecular complexity index is 774. The van der Waals surface area contributed by atoms with Gasteiger partial charge in [-0.2, -0.15) is 0 Å². The molecule has 5 nitrogen and oxygen atoms in total. The molecule has 0 bridgehead atoms. The zero-order valence-electron chi connectivity index (χ0n) is 15.0. The van der Waals surface area contributed by atoms with Crippen LogP contribution < -0.4 is 0 Å². The molecule has 3 aromatic heterocycles. The van der Waals surface area contributed by atoms with Gasteiger partial charge in [0.05, 0.1) is 29.4 Å². The van der Waals surface area contributed by atoms with Crippen LogP contribution in [0.15, 0.2) is 60.8 Å². The molecular weight excluding hydrogens is 324 g/mol. The molecule has 0 aromatic carbocycles. The summed E-state index contributed by atoms with van der Waals surface area (Å²) in [6, 6.07) is 17.9. The standard InChI is InChI=1S/C21H24N4O/c1-2-17-8-5-9-19(23-17)14-25(13-18-7-3-4-12-22-18)15-20-10-6-11-21(16-26)24-20/h3-12,26H,2,13-16H2,1H3. The van der Waals surface area contributed by atoms with Crippen LogP contribution in [-0.2, 0) is 32.7 Å². The molecule has 134 valence electrons. The summed E-state index contributed by atoms with van der Waals surface area (Å²) in [7, 11) is 0. The summed E-state index contributed by atoms with van der Waals surface area (Å²) in [6.45, 7) is 4.16. The molecule has 3 aromatic rings. The van der Waals surface area contributed by atoms with Crippen LogP contribution in [-0.4, -0.2) is 25.0 Å². The van der Waals surface area contributed by atoms with Gasteiger partial charge in [0.15, 0.2) is 0 Å². The summed E-state index contributed by atoms with van der Waals surface area (Å²) in [6.07, 6.45) is 2.74. The van der Waals surface area contributed by atoms with Crippen LogP contribution in [0, 0.1) is 0 Å². The SMILES string of the molecule is CCc1cccc(CN(Cc2ccccn2)Cc2cccc(CO)n2)n1. The highest BCUT2D eigenvalue weighted by Crippen LogP contribution is 2.12. The Kier molecular flexibility index (Phi) is 6.41. The van der Waals surface area contributed by atoms with Crippen molar-refractivity contribution in [3.05, 3.63) is 89.3 Å². The molecule has 0 saturated carbocycles. The fraction of sp³-hybridized carbons (Fsp3) is 0.286. The predicted octanol–water partition coefficient (Wildman–Crippen LogP) is 3.13. The van der Waals surface area contributed by atoms with Crippen molar-refractivity contribution in [2.75, 3.05) is 0 Å². The Morgan fingerprint density at radius 1 is 0.731 bits per heavy atom. The molecule has 3 rings (SSSR count). The molecule has 0 amide bonds. The zero-order chi connectivity index (χ0) is 18.2. The fourth-order valence-electron chi connectivity index (χ4n) is 2.87. The van der Waals surface area contributed by atoms with Crippen molar-refractivity contribution in [3.8, 4) is 0 Å². The lowest BCUT2D eigenvalue weighted by atomic mass is 10.2. The molecule has 0 spiro atoms. The van der Waals surface area contributed by atoms with Gasteiger partial charge in [0.2, 0.25) is 0 Å². The topological polar surface area (TPSA) is 62.1 Å². The maximum absolute atomic E-state index is 9.33. The predicted molar refractivity (Wildman–Crippen MR) is 101 cm³/mol. The van der Waals surface area contributed by atoms with E-state index in [4.69, 9.17) is 4.98 Å². The van der Waals surface area contributed by atoms with Gasteiger partial charge in [0, 0.05) is 31.5 Å². The van der Waals surface area contributed by atoms with E-state index in [0.29, 0.717) is 18.8 Å². The van der Waals surface area contributed by atoms with E-state index in [1.165, 1.54) is 0 Å². The van der Waals surface area contributed by atoms with Crippen molar-refractivity contribution in [1.29, 1.82) is 0 Å². The summed E-state index contributed by atoms with van der Waals surface area (Å²) < 4.78 is 0. The molecule has 3 heterocycles. The number of hydrogen-bond donors (Lipinski definition) is 1. The summed E-state index contributed by atoms with van der Waals surface area (Å²) in [5.41, 5.74) is 4.77. The fourth-order valence-corrected chi connectivity index (χ4v) is 2.87. The summed E-state index contributed by atoms with van der Waals surface area (Å²) in [4.78, 5) is 16.0. The number of aliphatic hydroxyl groups excluding tert-OH is 1. The van der Waals surface area contributed by atoms with Crippen molar-refractivity contribution in [1.82, 2.24) is 19.9 Å². The van der Waals surface area contributed by atoms with E-state index in [1.54, 1.807) is 0 Å². The summed E-state index contributed by atoms with van der Waals surface area (Å²) >= 11 is 0. The maximum Gasteiger partial charge on any atom is 0.0853 e. The largest absolute Gasteiger partial charge is 0.390 e. The van der Waals surface area contributed by atoms with E-state index in [1.807, 2.05) is 42.6 Å². The maximum atomic E-state index is 9.33. The van der Waals surface area contributed by atoms with Gasteiger partial charge in [-0.05, 0) is 42.8 Å². The van der Waals surface area contributed by atoms with Crippen LogP contribution in [0.25, 0.3) is 0 Å². The Morgan fingerprint density at radius 3 is 1.92 bits per heavy atom. The molecule has 0 aliphatic rings. The Balaban J connectivity index is 1.80. The van der Waals surface area contributed by atoms with E-state index < -0.39 is 0 Å². The molecule has 0 aliphatic heterocycles. The van der Waals surface area contributed by atoms with Crippen LogP contribution in [0.3, 0.4) is 0 Å². The lowest BCUT2D eigenvalue weighted by molar-refractivity contribution is 0.236. The Labute approximate surface area is 154 Å². The highest BCUT2D eigenvalue weighted by atomic mass is 16.3. The molecule has 0 aliphatic carbocycles. The van der Waals surface area contributed by atoms with Gasteiger partial charge in [-0.1, -0.05) is 25.1 Å². The van der Waals surface area contributed by atoms with E-state index >= 15 is 0 Å². The van der Waals surface area contributed by atoms with Crippen molar-refractivity contribution >= 4 is 0 Å². The van der Waals surface area contributed by atoms with Crippen LogP contribution in [0.1, 0.15) is 35.4 Å². The second kappa shape index (κ2) is 9.17. The van der Waals surface area contributed by atoms with Crippen LogP contribution in [0.5, 0.6) is 0 Å². The molecule has 0 radical (unpaired) electrons. The van der Waals surface area contributed by atoms with Crippen LogP contribution >= 0.6 is 0 Å². The van der Waals surface area contributed by atoms with E-state index in [9.17, 15) is 5.11 Å². The van der Waals surface area contributed by atoms with Crippen molar-refractivity contribution < 1.29 is 5.11 Å². The van der Waals surface area contributed by atoms with Crippen molar-refractivity contribution in [3.63, 3.8) is 0 Å². The zero-order valence-corrected chi connectivity index (χ0v) is 15.0. The minimum Gasteiger partial charge on any atom is -0.390 e. The van der Waals surface area contributed by atoms with Gasteiger partial charge < -0.3 is 5.11 Å². The van der Waals surface area contributed by atoms with Gasteiger partial charge in [-0.15, -0.1) is 0 Å². The van der Waals surface area contributed by atoms with Gasteiger partial charge in [-0.3, -0.25) is 19.9 Å². The van der Waals surface area contributed by atoms with E-state index in [-0.39, 0.29) is 6.61 Å². The molecule has 26 heavy (non-hydrogen) atoms. The number of rotatable bonds is 8. The second-order valence-corrected chi connectivity index (χ2v) is 6.22. The van der Waals surface area contributed by atoms with Gasteiger partial charge in [0.1, 0.15) is 0 Å². The number of hydrogen-bond acceptors (Lipinski definition) is 5. The summed E-state index contributed by atoms with van der Waals surface area (Å²) in [5.74, 6) is 0. The number of aromatic nitrogens is 3.